The van der Waals surface area contributed by atoms with Gasteiger partial charge in [-0.3, -0.25) is 4.90 Å². The highest BCUT2D eigenvalue weighted by atomic mass is 127. The molecule has 1 N–H and O–H groups in total. The smallest absolute Gasteiger partial charge is 0.194 e. The van der Waals surface area contributed by atoms with Crippen LogP contribution >= 0.6 is 35.6 Å². The van der Waals surface area contributed by atoms with Crippen LogP contribution in [0.1, 0.15) is 12.6 Å². The van der Waals surface area contributed by atoms with E-state index in [1.807, 2.05) is 30.3 Å². The van der Waals surface area contributed by atoms with Gasteiger partial charge in [0.2, 0.25) is 0 Å². The van der Waals surface area contributed by atoms with Gasteiger partial charge < -0.3 is 19.5 Å². The average molecular weight is 520 g/mol. The van der Waals surface area contributed by atoms with E-state index >= 15 is 0 Å². The zero-order valence-electron chi connectivity index (χ0n) is 16.0. The number of aliphatic imine (C=N–C) groups is 1. The van der Waals surface area contributed by atoms with Gasteiger partial charge in [-0.05, 0) is 25.1 Å². The van der Waals surface area contributed by atoms with Crippen LogP contribution in [-0.4, -0.2) is 66.8 Å². The molecule has 1 saturated heterocycles. The molecule has 9 heteroatoms. The average Bonchev–Trinajstić information content (AvgIpc) is 3.18. The Morgan fingerprint density at radius 1 is 1.29 bits per heavy atom. The molecule has 0 atom stereocenters. The van der Waals surface area contributed by atoms with Gasteiger partial charge in [0.25, 0.3) is 0 Å². The van der Waals surface area contributed by atoms with Gasteiger partial charge in [-0.15, -0.1) is 24.0 Å². The standard InChI is InChI=1S/C19H26ClN5O2.HI/c1-2-21-19(22-7-13-26-18-5-3-4-16(20)14-18)25-10-8-24(9-11-25)15-17-6-12-27-23-17;/h3-6,12,14H,2,7-11,13,15H2,1H3,(H,21,22);1H. The Morgan fingerprint density at radius 3 is 2.79 bits per heavy atom. The highest BCUT2D eigenvalue weighted by Crippen LogP contribution is 2.16. The predicted octanol–water partition coefficient (Wildman–Crippen LogP) is 3.11. The van der Waals surface area contributed by atoms with Crippen LogP contribution in [-0.2, 0) is 6.54 Å². The Bertz CT molecular complexity index is 721. The molecule has 0 unspecified atom stereocenters. The third-order valence-corrected chi connectivity index (χ3v) is 4.54. The van der Waals surface area contributed by atoms with Gasteiger partial charge in [-0.1, -0.05) is 22.8 Å². The van der Waals surface area contributed by atoms with Gasteiger partial charge in [-0.25, -0.2) is 4.99 Å². The van der Waals surface area contributed by atoms with Crippen molar-refractivity contribution in [2.75, 3.05) is 45.9 Å². The number of hydrogen-bond donors (Lipinski definition) is 1. The van der Waals surface area contributed by atoms with E-state index < -0.39 is 0 Å². The highest BCUT2D eigenvalue weighted by Gasteiger charge is 2.20. The van der Waals surface area contributed by atoms with Crippen LogP contribution in [0.4, 0.5) is 0 Å². The number of rotatable bonds is 7. The summed E-state index contributed by atoms with van der Waals surface area (Å²) < 4.78 is 10.6. The maximum atomic E-state index is 5.97. The van der Waals surface area contributed by atoms with Crippen molar-refractivity contribution in [3.63, 3.8) is 0 Å². The Morgan fingerprint density at radius 2 is 2.11 bits per heavy atom. The molecule has 0 amide bonds. The summed E-state index contributed by atoms with van der Waals surface area (Å²) in [5.41, 5.74) is 0.974. The first-order chi connectivity index (χ1) is 13.2. The first-order valence-electron chi connectivity index (χ1n) is 9.28. The molecule has 1 aromatic carbocycles. The topological polar surface area (TPSA) is 66.1 Å². The van der Waals surface area contributed by atoms with Crippen molar-refractivity contribution in [2.24, 2.45) is 4.99 Å². The summed E-state index contributed by atoms with van der Waals surface area (Å²) in [7, 11) is 0. The lowest BCUT2D eigenvalue weighted by atomic mass is 10.3. The molecule has 1 aliphatic heterocycles. The number of halogens is 2. The molecule has 3 rings (SSSR count). The second-order valence-electron chi connectivity index (χ2n) is 6.30. The number of aromatic nitrogens is 1. The van der Waals surface area contributed by atoms with E-state index in [-0.39, 0.29) is 24.0 Å². The Kier molecular flexibility index (Phi) is 9.86. The molecule has 1 fully saturated rings. The summed E-state index contributed by atoms with van der Waals surface area (Å²) in [4.78, 5) is 9.37. The van der Waals surface area contributed by atoms with Gasteiger partial charge in [0, 0.05) is 50.4 Å². The molecule has 1 aliphatic rings. The van der Waals surface area contributed by atoms with Gasteiger partial charge in [0.05, 0.1) is 12.2 Å². The number of nitrogens with zero attached hydrogens (tertiary/aromatic N) is 4. The normalized spacial score (nSPS) is 15.2. The van der Waals surface area contributed by atoms with E-state index in [1.54, 1.807) is 6.26 Å². The number of hydrogen-bond acceptors (Lipinski definition) is 5. The molecule has 154 valence electrons. The third-order valence-electron chi connectivity index (χ3n) is 4.30. The molecule has 0 aliphatic carbocycles. The number of nitrogens with one attached hydrogen (secondary N) is 1. The predicted molar refractivity (Wildman–Crippen MR) is 122 cm³/mol. The number of piperazine rings is 1. The minimum Gasteiger partial charge on any atom is -0.492 e. The van der Waals surface area contributed by atoms with E-state index in [0.29, 0.717) is 18.2 Å². The molecule has 1 aromatic heterocycles. The second kappa shape index (κ2) is 12.1. The van der Waals surface area contributed by atoms with Gasteiger partial charge >= 0.3 is 0 Å². The van der Waals surface area contributed by atoms with Gasteiger partial charge in [-0.2, -0.15) is 0 Å². The van der Waals surface area contributed by atoms with Gasteiger partial charge in [0.15, 0.2) is 5.96 Å². The molecule has 28 heavy (non-hydrogen) atoms. The summed E-state index contributed by atoms with van der Waals surface area (Å²) in [6.07, 6.45) is 1.62. The van der Waals surface area contributed by atoms with Crippen molar-refractivity contribution in [1.29, 1.82) is 0 Å². The SMILES string of the molecule is CCNC(=NCCOc1cccc(Cl)c1)N1CCN(Cc2ccon2)CC1.I. The third kappa shape index (κ3) is 7.14. The zero-order valence-corrected chi connectivity index (χ0v) is 19.1. The quantitative estimate of drug-likeness (QED) is 0.262. The number of benzene rings is 1. The molecule has 2 aromatic rings. The minimum absolute atomic E-state index is 0. The largest absolute Gasteiger partial charge is 0.492 e. The van der Waals surface area contributed by atoms with E-state index in [9.17, 15) is 0 Å². The molecule has 2 heterocycles. The molecule has 0 bridgehead atoms. The summed E-state index contributed by atoms with van der Waals surface area (Å²) in [6, 6.07) is 9.33. The van der Waals surface area contributed by atoms with Crippen LogP contribution in [0.5, 0.6) is 5.75 Å². The lowest BCUT2D eigenvalue weighted by molar-refractivity contribution is 0.169. The van der Waals surface area contributed by atoms with Crippen molar-refractivity contribution < 1.29 is 9.26 Å². The number of ether oxygens (including phenoxy) is 1. The Hall–Kier alpha value is -1.52. The molecule has 0 spiro atoms. The van der Waals surface area contributed by atoms with Crippen LogP contribution in [0, 0.1) is 0 Å². The van der Waals surface area contributed by atoms with Crippen LogP contribution < -0.4 is 10.1 Å². The van der Waals surface area contributed by atoms with E-state index in [4.69, 9.17) is 25.9 Å². The van der Waals surface area contributed by atoms with Crippen molar-refractivity contribution in [1.82, 2.24) is 20.3 Å². The highest BCUT2D eigenvalue weighted by molar-refractivity contribution is 14.0. The van der Waals surface area contributed by atoms with E-state index in [1.165, 1.54) is 0 Å². The van der Waals surface area contributed by atoms with Crippen molar-refractivity contribution in [3.8, 4) is 5.75 Å². The van der Waals surface area contributed by atoms with Crippen LogP contribution in [0.2, 0.25) is 5.02 Å². The van der Waals surface area contributed by atoms with Crippen molar-refractivity contribution >= 4 is 41.5 Å². The maximum absolute atomic E-state index is 5.97. The van der Waals surface area contributed by atoms with E-state index in [2.05, 4.69) is 27.2 Å². The Labute approximate surface area is 188 Å². The van der Waals surface area contributed by atoms with Gasteiger partial charge in [0.1, 0.15) is 18.6 Å². The Balaban J connectivity index is 0.00000280. The molecular formula is C19H27ClIN5O2. The summed E-state index contributed by atoms with van der Waals surface area (Å²) in [6.45, 7) is 8.65. The number of guanidine groups is 1. The lowest BCUT2D eigenvalue weighted by Crippen LogP contribution is -2.52. The maximum Gasteiger partial charge on any atom is 0.194 e. The first kappa shape index (κ1) is 22.8. The minimum atomic E-state index is 0. The zero-order chi connectivity index (χ0) is 18.9. The summed E-state index contributed by atoms with van der Waals surface area (Å²) >= 11 is 5.97. The molecular weight excluding hydrogens is 493 g/mol. The van der Waals surface area contributed by atoms with Crippen molar-refractivity contribution in [2.45, 2.75) is 13.5 Å². The molecule has 0 saturated carbocycles. The van der Waals surface area contributed by atoms with Crippen LogP contribution in [0.15, 0.2) is 46.1 Å². The fraction of sp³-hybridized carbons (Fsp3) is 0.474. The summed E-state index contributed by atoms with van der Waals surface area (Å²) in [5, 5.41) is 8.03. The second-order valence-corrected chi connectivity index (χ2v) is 6.73. The fourth-order valence-electron chi connectivity index (χ4n) is 2.96. The van der Waals surface area contributed by atoms with E-state index in [0.717, 1.165) is 56.7 Å². The summed E-state index contributed by atoms with van der Waals surface area (Å²) in [5.74, 6) is 1.71. The van der Waals surface area contributed by atoms with Crippen molar-refractivity contribution in [3.05, 3.63) is 47.3 Å². The van der Waals surface area contributed by atoms with Crippen LogP contribution in [0.3, 0.4) is 0 Å². The molecule has 7 nitrogen and oxygen atoms in total. The lowest BCUT2D eigenvalue weighted by Gasteiger charge is -2.36. The first-order valence-corrected chi connectivity index (χ1v) is 9.65. The van der Waals surface area contributed by atoms with Crippen LogP contribution in [0.25, 0.3) is 0 Å². The monoisotopic (exact) mass is 519 g/mol. The fourth-order valence-corrected chi connectivity index (χ4v) is 3.14. The molecule has 0 radical (unpaired) electrons.